The number of carbonyl (C=O) groups is 1. The Balaban J connectivity index is 1.44. The van der Waals surface area contributed by atoms with Crippen molar-refractivity contribution in [2.45, 2.75) is 32.8 Å². The molecular weight excluding hydrogens is 366 g/mol. The second-order valence-electron chi connectivity index (χ2n) is 6.51. The smallest absolute Gasteiger partial charge is 0.305 e. The SMILES string of the molecule is CCOC(=O)CCCc1ccc(OCc2coc(C=Cc3ccccc3)n2)cc1. The summed E-state index contributed by atoms with van der Waals surface area (Å²) in [6.07, 6.45) is 7.45. The van der Waals surface area contributed by atoms with Crippen molar-refractivity contribution in [3.05, 3.63) is 83.6 Å². The lowest BCUT2D eigenvalue weighted by molar-refractivity contribution is -0.143. The van der Waals surface area contributed by atoms with Crippen molar-refractivity contribution in [2.75, 3.05) is 6.61 Å². The lowest BCUT2D eigenvalue weighted by atomic mass is 10.1. The molecular formula is C24H25NO4. The fraction of sp³-hybridized carbons (Fsp3) is 0.250. The van der Waals surface area contributed by atoms with Crippen LogP contribution in [0.15, 0.2) is 65.3 Å². The number of aryl methyl sites for hydroxylation is 1. The average Bonchev–Trinajstić information content (AvgIpc) is 3.21. The Bertz CT molecular complexity index is 914. The highest BCUT2D eigenvalue weighted by Crippen LogP contribution is 2.16. The quantitative estimate of drug-likeness (QED) is 0.438. The first-order valence-corrected chi connectivity index (χ1v) is 9.78. The maximum Gasteiger partial charge on any atom is 0.305 e. The summed E-state index contributed by atoms with van der Waals surface area (Å²) in [7, 11) is 0. The molecule has 2 aromatic carbocycles. The van der Waals surface area contributed by atoms with Crippen LogP contribution in [-0.4, -0.2) is 17.6 Å². The molecule has 5 nitrogen and oxygen atoms in total. The van der Waals surface area contributed by atoms with Crippen molar-refractivity contribution in [3.8, 4) is 5.75 Å². The van der Waals surface area contributed by atoms with Crippen molar-refractivity contribution in [3.63, 3.8) is 0 Å². The van der Waals surface area contributed by atoms with Gasteiger partial charge in [-0.25, -0.2) is 4.98 Å². The molecule has 0 radical (unpaired) electrons. The summed E-state index contributed by atoms with van der Waals surface area (Å²) in [5.41, 5.74) is 2.98. The molecule has 0 amide bonds. The first kappa shape index (κ1) is 20.4. The van der Waals surface area contributed by atoms with Gasteiger partial charge in [-0.05, 0) is 49.1 Å². The molecule has 0 unspecified atom stereocenters. The van der Waals surface area contributed by atoms with Crippen LogP contribution < -0.4 is 4.74 Å². The van der Waals surface area contributed by atoms with Crippen LogP contribution in [0.5, 0.6) is 5.75 Å². The van der Waals surface area contributed by atoms with Crippen LogP contribution in [0.3, 0.4) is 0 Å². The number of rotatable bonds is 10. The Hall–Kier alpha value is -3.34. The third kappa shape index (κ3) is 6.96. The van der Waals surface area contributed by atoms with Crippen molar-refractivity contribution < 1.29 is 18.7 Å². The fourth-order valence-corrected chi connectivity index (χ4v) is 2.78. The third-order valence-electron chi connectivity index (χ3n) is 4.25. The molecule has 0 spiro atoms. The van der Waals surface area contributed by atoms with Crippen LogP contribution >= 0.6 is 0 Å². The van der Waals surface area contributed by atoms with E-state index in [9.17, 15) is 4.79 Å². The van der Waals surface area contributed by atoms with Gasteiger partial charge in [0.05, 0.1) is 6.61 Å². The second-order valence-corrected chi connectivity index (χ2v) is 6.51. The number of hydrogen-bond acceptors (Lipinski definition) is 5. The highest BCUT2D eigenvalue weighted by Gasteiger charge is 2.04. The summed E-state index contributed by atoms with van der Waals surface area (Å²) in [6, 6.07) is 17.9. The molecule has 0 saturated heterocycles. The molecule has 1 aromatic heterocycles. The largest absolute Gasteiger partial charge is 0.487 e. The zero-order valence-corrected chi connectivity index (χ0v) is 16.5. The first-order chi connectivity index (χ1) is 14.2. The van der Waals surface area contributed by atoms with E-state index in [1.54, 1.807) is 6.26 Å². The molecule has 0 aliphatic rings. The van der Waals surface area contributed by atoms with Crippen LogP contribution in [0.4, 0.5) is 0 Å². The normalized spacial score (nSPS) is 10.9. The molecule has 3 aromatic rings. The Morgan fingerprint density at radius 3 is 2.62 bits per heavy atom. The summed E-state index contributed by atoms with van der Waals surface area (Å²) in [5, 5.41) is 0. The van der Waals surface area contributed by atoms with Gasteiger partial charge in [-0.15, -0.1) is 0 Å². The second kappa shape index (κ2) is 10.9. The molecule has 150 valence electrons. The Morgan fingerprint density at radius 1 is 1.07 bits per heavy atom. The molecule has 0 atom stereocenters. The number of hydrogen-bond donors (Lipinski definition) is 0. The zero-order chi connectivity index (χ0) is 20.3. The Morgan fingerprint density at radius 2 is 1.86 bits per heavy atom. The molecule has 0 bridgehead atoms. The number of benzene rings is 2. The van der Waals surface area contributed by atoms with Crippen LogP contribution in [0.25, 0.3) is 12.2 Å². The van der Waals surface area contributed by atoms with Gasteiger partial charge >= 0.3 is 5.97 Å². The number of aromatic nitrogens is 1. The summed E-state index contributed by atoms with van der Waals surface area (Å²) in [5.74, 6) is 1.17. The van der Waals surface area contributed by atoms with Gasteiger partial charge < -0.3 is 13.9 Å². The van der Waals surface area contributed by atoms with Gasteiger partial charge in [0.1, 0.15) is 24.3 Å². The molecule has 0 saturated carbocycles. The number of carbonyl (C=O) groups excluding carboxylic acids is 1. The summed E-state index contributed by atoms with van der Waals surface area (Å²) < 4.78 is 16.2. The van der Waals surface area contributed by atoms with Gasteiger partial charge in [0.2, 0.25) is 5.89 Å². The molecule has 0 aliphatic carbocycles. The van der Waals surface area contributed by atoms with Crippen LogP contribution in [0.1, 0.15) is 42.5 Å². The molecule has 0 aliphatic heterocycles. The number of nitrogens with zero attached hydrogens (tertiary/aromatic N) is 1. The molecule has 29 heavy (non-hydrogen) atoms. The van der Waals surface area contributed by atoms with E-state index in [2.05, 4.69) is 4.98 Å². The zero-order valence-electron chi connectivity index (χ0n) is 16.5. The molecule has 5 heteroatoms. The van der Waals surface area contributed by atoms with Crippen molar-refractivity contribution >= 4 is 18.1 Å². The maximum atomic E-state index is 11.4. The fourth-order valence-electron chi connectivity index (χ4n) is 2.78. The topological polar surface area (TPSA) is 61.6 Å². The lowest BCUT2D eigenvalue weighted by Gasteiger charge is -2.06. The molecule has 0 N–H and O–H groups in total. The monoisotopic (exact) mass is 391 g/mol. The van der Waals surface area contributed by atoms with Gasteiger partial charge in [0.15, 0.2) is 0 Å². The Kier molecular flexibility index (Phi) is 7.63. The van der Waals surface area contributed by atoms with E-state index in [1.807, 2.05) is 73.7 Å². The minimum Gasteiger partial charge on any atom is -0.487 e. The summed E-state index contributed by atoms with van der Waals surface area (Å²) >= 11 is 0. The van der Waals surface area contributed by atoms with Gasteiger partial charge in [-0.2, -0.15) is 0 Å². The highest BCUT2D eigenvalue weighted by atomic mass is 16.5. The molecule has 0 fully saturated rings. The Labute approximate surface area is 171 Å². The minimum atomic E-state index is -0.141. The maximum absolute atomic E-state index is 11.4. The van der Waals surface area contributed by atoms with E-state index in [0.29, 0.717) is 25.5 Å². The van der Waals surface area contributed by atoms with Gasteiger partial charge in [-0.1, -0.05) is 42.5 Å². The first-order valence-electron chi connectivity index (χ1n) is 9.78. The van der Waals surface area contributed by atoms with Crippen molar-refractivity contribution in [1.82, 2.24) is 4.98 Å². The summed E-state index contributed by atoms with van der Waals surface area (Å²) in [6.45, 7) is 2.59. The predicted octanol–water partition coefficient (Wildman–Crippen LogP) is 5.31. The number of ether oxygens (including phenoxy) is 2. The van der Waals surface area contributed by atoms with E-state index < -0.39 is 0 Å². The number of esters is 1. The van der Waals surface area contributed by atoms with E-state index in [4.69, 9.17) is 13.9 Å². The lowest BCUT2D eigenvalue weighted by Crippen LogP contribution is -2.04. The molecule has 3 rings (SSSR count). The van der Waals surface area contributed by atoms with Gasteiger partial charge in [-0.3, -0.25) is 4.79 Å². The van der Waals surface area contributed by atoms with Crippen molar-refractivity contribution in [1.29, 1.82) is 0 Å². The standard InChI is InChI=1S/C24H25NO4/c1-2-27-24(26)10-6-9-20-11-14-22(15-12-20)28-17-21-18-29-23(25-21)16-13-19-7-4-3-5-8-19/h3-5,7-8,11-16,18H,2,6,9-10,17H2,1H3. The predicted molar refractivity (Wildman–Crippen MR) is 112 cm³/mol. The van der Waals surface area contributed by atoms with E-state index in [1.165, 1.54) is 0 Å². The van der Waals surface area contributed by atoms with Crippen molar-refractivity contribution in [2.24, 2.45) is 0 Å². The van der Waals surface area contributed by atoms with Gasteiger partial charge in [0.25, 0.3) is 0 Å². The van der Waals surface area contributed by atoms with Gasteiger partial charge in [0, 0.05) is 12.5 Å². The van der Waals surface area contributed by atoms with Crippen LogP contribution in [-0.2, 0) is 22.6 Å². The van der Waals surface area contributed by atoms with E-state index >= 15 is 0 Å². The van der Waals surface area contributed by atoms with Crippen LogP contribution in [0, 0.1) is 0 Å². The molecule has 1 heterocycles. The minimum absolute atomic E-state index is 0.141. The van der Waals surface area contributed by atoms with Crippen LogP contribution in [0.2, 0.25) is 0 Å². The average molecular weight is 391 g/mol. The van der Waals surface area contributed by atoms with E-state index in [0.717, 1.165) is 35.4 Å². The van der Waals surface area contributed by atoms with E-state index in [-0.39, 0.29) is 5.97 Å². The highest BCUT2D eigenvalue weighted by molar-refractivity contribution is 5.69. The third-order valence-corrected chi connectivity index (χ3v) is 4.25. The summed E-state index contributed by atoms with van der Waals surface area (Å²) in [4.78, 5) is 15.8. The number of oxazole rings is 1.